The van der Waals surface area contributed by atoms with Gasteiger partial charge in [-0.2, -0.15) is 0 Å². The molecule has 0 spiro atoms. The summed E-state index contributed by atoms with van der Waals surface area (Å²) in [6.07, 6.45) is 0.403. The van der Waals surface area contributed by atoms with Gasteiger partial charge < -0.3 is 10.6 Å². The summed E-state index contributed by atoms with van der Waals surface area (Å²) in [5, 5.41) is 2.19. The molecule has 7 heteroatoms. The van der Waals surface area contributed by atoms with E-state index in [0.29, 0.717) is 11.3 Å². The predicted molar refractivity (Wildman–Crippen MR) is 66.9 cm³/mol. The highest BCUT2D eigenvalue weighted by molar-refractivity contribution is 6.06. The third kappa shape index (κ3) is 1.74. The van der Waals surface area contributed by atoms with Crippen molar-refractivity contribution in [1.82, 2.24) is 10.2 Å². The Labute approximate surface area is 113 Å². The van der Waals surface area contributed by atoms with Crippen LogP contribution in [-0.4, -0.2) is 28.7 Å². The zero-order valence-electron chi connectivity index (χ0n) is 10.5. The largest absolute Gasteiger partial charge is 0.398 e. The minimum atomic E-state index is -0.758. The van der Waals surface area contributed by atoms with Crippen molar-refractivity contribution in [2.45, 2.75) is 25.4 Å². The first-order chi connectivity index (χ1) is 9.49. The van der Waals surface area contributed by atoms with Crippen molar-refractivity contribution >= 4 is 23.4 Å². The highest BCUT2D eigenvalue weighted by Gasteiger charge is 2.41. The molecular weight excluding hydrogens is 265 g/mol. The summed E-state index contributed by atoms with van der Waals surface area (Å²) in [6, 6.07) is 1.78. The molecule has 1 aromatic rings. The first kappa shape index (κ1) is 12.6. The van der Waals surface area contributed by atoms with Crippen LogP contribution in [0.3, 0.4) is 0 Å². The summed E-state index contributed by atoms with van der Waals surface area (Å²) in [4.78, 5) is 36.5. The molecule has 0 radical (unpaired) electrons. The number of carbonyl (C=O) groups excluding carboxylic acids is 3. The molecule has 6 nitrogen and oxygen atoms in total. The molecule has 3 amide bonds. The van der Waals surface area contributed by atoms with Crippen LogP contribution in [0.5, 0.6) is 0 Å². The maximum atomic E-state index is 13.8. The normalized spacial score (nSPS) is 21.9. The third-order valence-corrected chi connectivity index (χ3v) is 3.69. The van der Waals surface area contributed by atoms with E-state index in [1.54, 1.807) is 0 Å². The monoisotopic (exact) mass is 277 g/mol. The number of carbonyl (C=O) groups is 3. The number of nitrogens with one attached hydrogen (secondary N) is 1. The van der Waals surface area contributed by atoms with Gasteiger partial charge in [0.1, 0.15) is 11.9 Å². The number of halogens is 1. The van der Waals surface area contributed by atoms with Crippen LogP contribution >= 0.6 is 0 Å². The van der Waals surface area contributed by atoms with Crippen molar-refractivity contribution in [1.29, 1.82) is 0 Å². The van der Waals surface area contributed by atoms with Crippen LogP contribution in [0, 0.1) is 5.82 Å². The lowest BCUT2D eigenvalue weighted by molar-refractivity contribution is -0.136. The van der Waals surface area contributed by atoms with E-state index >= 15 is 0 Å². The Morgan fingerprint density at radius 2 is 2.05 bits per heavy atom. The Kier molecular flexibility index (Phi) is 2.70. The van der Waals surface area contributed by atoms with Crippen molar-refractivity contribution in [3.8, 4) is 0 Å². The predicted octanol–water partition coefficient (Wildman–Crippen LogP) is 0.169. The number of imide groups is 1. The number of rotatable bonds is 1. The van der Waals surface area contributed by atoms with Crippen LogP contribution in [0.15, 0.2) is 12.1 Å². The Bertz CT molecular complexity index is 644. The van der Waals surface area contributed by atoms with Crippen LogP contribution < -0.4 is 11.1 Å². The number of fused-ring (bicyclic) bond motifs is 1. The van der Waals surface area contributed by atoms with Gasteiger partial charge in [0.2, 0.25) is 11.8 Å². The molecular formula is C13H12FN3O3. The minimum absolute atomic E-state index is 0.0744. The number of nitrogen functional groups attached to an aromatic ring is 1. The van der Waals surface area contributed by atoms with E-state index < -0.39 is 23.7 Å². The second-order valence-electron chi connectivity index (χ2n) is 4.89. The highest BCUT2D eigenvalue weighted by Crippen LogP contribution is 2.32. The average molecular weight is 277 g/mol. The van der Waals surface area contributed by atoms with Crippen molar-refractivity contribution in [3.63, 3.8) is 0 Å². The van der Waals surface area contributed by atoms with Crippen molar-refractivity contribution < 1.29 is 18.8 Å². The summed E-state index contributed by atoms with van der Waals surface area (Å²) >= 11 is 0. The lowest BCUT2D eigenvalue weighted by atomic mass is 10.0. The Morgan fingerprint density at radius 1 is 1.30 bits per heavy atom. The molecule has 1 saturated heterocycles. The van der Waals surface area contributed by atoms with E-state index in [0.717, 1.165) is 6.07 Å². The van der Waals surface area contributed by atoms with E-state index in [4.69, 9.17) is 5.73 Å². The molecule has 0 aromatic heterocycles. The van der Waals surface area contributed by atoms with Gasteiger partial charge in [-0.15, -0.1) is 0 Å². The number of hydrogen-bond acceptors (Lipinski definition) is 4. The molecule has 2 aliphatic heterocycles. The Hall–Kier alpha value is -2.44. The quantitative estimate of drug-likeness (QED) is 0.565. The van der Waals surface area contributed by atoms with Gasteiger partial charge in [-0.1, -0.05) is 0 Å². The fraction of sp³-hybridized carbons (Fsp3) is 0.308. The summed E-state index contributed by atoms with van der Waals surface area (Å²) in [6.45, 7) is 0.0873. The summed E-state index contributed by atoms with van der Waals surface area (Å²) in [5.74, 6) is -2.09. The van der Waals surface area contributed by atoms with E-state index in [2.05, 4.69) is 5.32 Å². The smallest absolute Gasteiger partial charge is 0.258 e. The molecule has 2 aliphatic rings. The van der Waals surface area contributed by atoms with Crippen molar-refractivity contribution in [3.05, 3.63) is 29.1 Å². The minimum Gasteiger partial charge on any atom is -0.398 e. The standard InChI is InChI=1S/C13H12FN3O3/c14-7-1-2-8(15)6-5-17(13(20)11(6)7)9-3-4-10(18)16-12(9)19/h1-2,9H,3-5,15H2,(H,16,18,19). The number of hydrogen-bond donors (Lipinski definition) is 2. The molecule has 2 heterocycles. The molecule has 20 heavy (non-hydrogen) atoms. The molecule has 1 atom stereocenters. The molecule has 104 valence electrons. The molecule has 0 saturated carbocycles. The van der Waals surface area contributed by atoms with Crippen molar-refractivity contribution in [2.75, 3.05) is 5.73 Å². The van der Waals surface area contributed by atoms with E-state index in [1.807, 2.05) is 0 Å². The van der Waals surface area contributed by atoms with E-state index in [1.165, 1.54) is 11.0 Å². The van der Waals surface area contributed by atoms with Gasteiger partial charge in [0, 0.05) is 24.2 Å². The highest BCUT2D eigenvalue weighted by atomic mass is 19.1. The lowest BCUT2D eigenvalue weighted by Gasteiger charge is -2.29. The second-order valence-corrected chi connectivity index (χ2v) is 4.89. The van der Waals surface area contributed by atoms with Gasteiger partial charge in [0.25, 0.3) is 5.91 Å². The maximum Gasteiger partial charge on any atom is 0.258 e. The zero-order chi connectivity index (χ0) is 14.4. The van der Waals surface area contributed by atoms with Gasteiger partial charge in [-0.3, -0.25) is 19.7 Å². The topological polar surface area (TPSA) is 92.5 Å². The first-order valence-electron chi connectivity index (χ1n) is 6.20. The number of anilines is 1. The van der Waals surface area contributed by atoms with Crippen molar-refractivity contribution in [2.24, 2.45) is 0 Å². The molecule has 0 bridgehead atoms. The second kappa shape index (κ2) is 4.29. The number of amides is 3. The maximum absolute atomic E-state index is 13.8. The van der Waals surface area contributed by atoms with E-state index in [9.17, 15) is 18.8 Å². The molecule has 1 unspecified atom stereocenters. The van der Waals surface area contributed by atoms with Gasteiger partial charge in [-0.25, -0.2) is 4.39 Å². The van der Waals surface area contributed by atoms with Gasteiger partial charge in [0.05, 0.1) is 5.56 Å². The molecule has 3 N–H and O–H groups in total. The summed E-state index contributed by atoms with van der Waals surface area (Å²) in [5.41, 5.74) is 6.40. The van der Waals surface area contributed by atoms with Gasteiger partial charge in [-0.05, 0) is 18.6 Å². The van der Waals surface area contributed by atoms with Gasteiger partial charge in [0.15, 0.2) is 0 Å². The molecule has 1 aromatic carbocycles. The number of piperidine rings is 1. The molecule has 1 fully saturated rings. The summed E-state index contributed by atoms with van der Waals surface area (Å²) < 4.78 is 13.8. The molecule has 3 rings (SSSR count). The van der Waals surface area contributed by atoms with Gasteiger partial charge >= 0.3 is 0 Å². The SMILES string of the molecule is Nc1ccc(F)c2c1CN(C1CCC(=O)NC1=O)C2=O. The van der Waals surface area contributed by atoms with Crippen LogP contribution in [0.1, 0.15) is 28.8 Å². The number of benzene rings is 1. The Balaban J connectivity index is 1.94. The molecule has 0 aliphatic carbocycles. The Morgan fingerprint density at radius 3 is 2.70 bits per heavy atom. The average Bonchev–Trinajstić information content (AvgIpc) is 2.73. The van der Waals surface area contributed by atoms with Crippen LogP contribution in [0.25, 0.3) is 0 Å². The first-order valence-corrected chi connectivity index (χ1v) is 6.20. The third-order valence-electron chi connectivity index (χ3n) is 3.69. The summed E-state index contributed by atoms with van der Waals surface area (Å²) in [7, 11) is 0. The van der Waals surface area contributed by atoms with E-state index in [-0.39, 0.29) is 30.9 Å². The number of nitrogens with zero attached hydrogens (tertiary/aromatic N) is 1. The lowest BCUT2D eigenvalue weighted by Crippen LogP contribution is -2.52. The van der Waals surface area contributed by atoms with Crippen LogP contribution in [-0.2, 0) is 16.1 Å². The van der Waals surface area contributed by atoms with Crippen LogP contribution in [0.4, 0.5) is 10.1 Å². The zero-order valence-corrected chi connectivity index (χ0v) is 10.5. The van der Waals surface area contributed by atoms with Crippen LogP contribution in [0.2, 0.25) is 0 Å². The number of nitrogens with two attached hydrogens (primary N) is 1. The fourth-order valence-corrected chi connectivity index (χ4v) is 2.65. The fourth-order valence-electron chi connectivity index (χ4n) is 2.65.